The van der Waals surface area contributed by atoms with E-state index in [0.717, 1.165) is 11.8 Å². The Balaban J connectivity index is 0.00000242. The van der Waals surface area contributed by atoms with Crippen LogP contribution >= 0.6 is 24.2 Å². The predicted octanol–water partition coefficient (Wildman–Crippen LogP) is 1.62. The average molecular weight is 348 g/mol. The Morgan fingerprint density at radius 1 is 1.55 bits per heavy atom. The number of thioether (sulfide) groups is 1. The van der Waals surface area contributed by atoms with Gasteiger partial charge in [0.1, 0.15) is 6.04 Å². The van der Waals surface area contributed by atoms with Crippen LogP contribution in [0.2, 0.25) is 0 Å². The van der Waals surface area contributed by atoms with E-state index >= 15 is 0 Å². The van der Waals surface area contributed by atoms with Gasteiger partial charge in [-0.1, -0.05) is 11.8 Å². The Labute approximate surface area is 138 Å². The highest BCUT2D eigenvalue weighted by molar-refractivity contribution is 8.13. The Bertz CT molecular complexity index is 537. The fourth-order valence-electron chi connectivity index (χ4n) is 2.46. The zero-order valence-electron chi connectivity index (χ0n) is 12.0. The van der Waals surface area contributed by atoms with Crippen LogP contribution in [0.15, 0.2) is 12.5 Å². The number of nitrogens with zero attached hydrogens (tertiary/aromatic N) is 2. The van der Waals surface area contributed by atoms with Crippen molar-refractivity contribution < 1.29 is 19.5 Å². The third-order valence-electron chi connectivity index (χ3n) is 3.39. The number of hydrogen-bond acceptors (Lipinski definition) is 5. The van der Waals surface area contributed by atoms with Gasteiger partial charge in [-0.15, -0.1) is 12.4 Å². The number of halogens is 1. The zero-order valence-corrected chi connectivity index (χ0v) is 13.7. The van der Waals surface area contributed by atoms with Crippen LogP contribution < -0.4 is 0 Å². The van der Waals surface area contributed by atoms with Gasteiger partial charge in [-0.25, -0.2) is 9.78 Å². The second-order valence-electron chi connectivity index (χ2n) is 4.89. The van der Waals surface area contributed by atoms with Crippen molar-refractivity contribution in [2.75, 3.05) is 6.54 Å². The number of H-pyrrole nitrogens is 1. The number of aromatic amines is 1. The first-order valence-electron chi connectivity index (χ1n) is 6.66. The highest BCUT2D eigenvalue weighted by Crippen LogP contribution is 2.32. The minimum absolute atomic E-state index is 0. The molecule has 1 saturated heterocycles. The van der Waals surface area contributed by atoms with Crippen molar-refractivity contribution in [2.45, 2.75) is 37.5 Å². The van der Waals surface area contributed by atoms with Gasteiger partial charge in [-0.3, -0.25) is 9.59 Å². The molecule has 1 fully saturated rings. The van der Waals surface area contributed by atoms with Crippen LogP contribution in [0.5, 0.6) is 0 Å². The van der Waals surface area contributed by atoms with Crippen molar-refractivity contribution in [3.8, 4) is 0 Å². The molecule has 0 aliphatic carbocycles. The highest BCUT2D eigenvalue weighted by Gasteiger charge is 2.35. The highest BCUT2D eigenvalue weighted by atomic mass is 35.5. The zero-order chi connectivity index (χ0) is 15.4. The van der Waals surface area contributed by atoms with Gasteiger partial charge in [0.25, 0.3) is 0 Å². The molecule has 0 bridgehead atoms. The SMILES string of the molecule is CC(=O)SC(CC(=O)N1CCC[C@H]1C(=O)O)c1cnc[nH]1.Cl. The second-order valence-corrected chi connectivity index (χ2v) is 6.27. The summed E-state index contributed by atoms with van der Waals surface area (Å²) in [5.74, 6) is -1.22. The number of carbonyl (C=O) groups is 3. The first kappa shape index (κ1) is 18.5. The molecule has 1 unspecified atom stereocenters. The molecule has 122 valence electrons. The summed E-state index contributed by atoms with van der Waals surface area (Å²) in [4.78, 5) is 43.0. The molecule has 1 aromatic rings. The molecule has 1 aromatic heterocycles. The molecule has 0 radical (unpaired) electrons. The third-order valence-corrected chi connectivity index (χ3v) is 4.43. The van der Waals surface area contributed by atoms with Crippen molar-refractivity contribution in [3.05, 3.63) is 18.2 Å². The van der Waals surface area contributed by atoms with E-state index in [-0.39, 0.29) is 35.1 Å². The number of likely N-dealkylation sites (tertiary alicyclic amines) is 1. The van der Waals surface area contributed by atoms with Crippen molar-refractivity contribution in [1.82, 2.24) is 14.9 Å². The number of rotatable bonds is 5. The Kier molecular flexibility index (Phi) is 6.89. The fourth-order valence-corrected chi connectivity index (χ4v) is 3.34. The van der Waals surface area contributed by atoms with Crippen LogP contribution in [0.25, 0.3) is 0 Å². The van der Waals surface area contributed by atoms with Crippen molar-refractivity contribution in [1.29, 1.82) is 0 Å². The number of imidazole rings is 1. The Hall–Kier alpha value is -1.54. The quantitative estimate of drug-likeness (QED) is 0.838. The number of hydrogen-bond donors (Lipinski definition) is 2. The molecule has 1 aliphatic rings. The minimum atomic E-state index is -0.974. The third kappa shape index (κ3) is 4.48. The van der Waals surface area contributed by atoms with E-state index in [9.17, 15) is 14.4 Å². The van der Waals surface area contributed by atoms with E-state index in [1.54, 1.807) is 6.20 Å². The average Bonchev–Trinajstić information content (AvgIpc) is 3.08. The van der Waals surface area contributed by atoms with E-state index < -0.39 is 12.0 Å². The molecule has 1 aliphatic heterocycles. The summed E-state index contributed by atoms with van der Waals surface area (Å²) in [7, 11) is 0. The van der Waals surface area contributed by atoms with E-state index in [2.05, 4.69) is 9.97 Å². The maximum absolute atomic E-state index is 12.4. The lowest BCUT2D eigenvalue weighted by atomic mass is 10.2. The maximum Gasteiger partial charge on any atom is 0.326 e. The normalized spacial score (nSPS) is 18.6. The number of aromatic nitrogens is 2. The largest absolute Gasteiger partial charge is 0.480 e. The van der Waals surface area contributed by atoms with Crippen molar-refractivity contribution in [3.63, 3.8) is 0 Å². The number of carboxylic acids is 1. The van der Waals surface area contributed by atoms with Gasteiger partial charge in [-0.2, -0.15) is 0 Å². The van der Waals surface area contributed by atoms with Gasteiger partial charge in [0.2, 0.25) is 5.91 Å². The van der Waals surface area contributed by atoms with Gasteiger partial charge in [-0.05, 0) is 12.8 Å². The molecule has 0 saturated carbocycles. The second kappa shape index (κ2) is 8.19. The summed E-state index contributed by atoms with van der Waals surface area (Å²) in [6.45, 7) is 1.89. The number of aliphatic carboxylic acids is 1. The Morgan fingerprint density at radius 3 is 2.82 bits per heavy atom. The lowest BCUT2D eigenvalue weighted by Gasteiger charge is -2.23. The van der Waals surface area contributed by atoms with Crippen LogP contribution in [-0.4, -0.2) is 49.6 Å². The topological polar surface area (TPSA) is 103 Å². The van der Waals surface area contributed by atoms with Gasteiger partial charge in [0.05, 0.1) is 11.6 Å². The summed E-state index contributed by atoms with van der Waals surface area (Å²) >= 11 is 1.05. The smallest absolute Gasteiger partial charge is 0.326 e. The molecular weight excluding hydrogens is 330 g/mol. The molecule has 7 nitrogen and oxygen atoms in total. The molecule has 2 heterocycles. The fraction of sp³-hybridized carbons (Fsp3) is 0.538. The predicted molar refractivity (Wildman–Crippen MR) is 83.8 cm³/mol. The van der Waals surface area contributed by atoms with Crippen LogP contribution in [0.1, 0.15) is 37.1 Å². The lowest BCUT2D eigenvalue weighted by Crippen LogP contribution is -2.40. The van der Waals surface area contributed by atoms with Gasteiger partial charge in [0, 0.05) is 31.8 Å². The number of carboxylic acid groups (broad SMARTS) is 1. The van der Waals surface area contributed by atoms with E-state index in [1.807, 2.05) is 0 Å². The number of nitrogens with one attached hydrogen (secondary N) is 1. The molecule has 2 N–H and O–H groups in total. The van der Waals surface area contributed by atoms with E-state index in [4.69, 9.17) is 5.11 Å². The van der Waals surface area contributed by atoms with E-state index in [0.29, 0.717) is 25.1 Å². The summed E-state index contributed by atoms with van der Waals surface area (Å²) in [6, 6.07) is -0.748. The van der Waals surface area contributed by atoms with Crippen LogP contribution in [0, 0.1) is 0 Å². The first-order chi connectivity index (χ1) is 9.99. The van der Waals surface area contributed by atoms with Crippen LogP contribution in [0.3, 0.4) is 0 Å². The maximum atomic E-state index is 12.4. The summed E-state index contributed by atoms with van der Waals surface area (Å²) in [6.07, 6.45) is 4.32. The van der Waals surface area contributed by atoms with Gasteiger partial charge in [0.15, 0.2) is 5.12 Å². The molecule has 22 heavy (non-hydrogen) atoms. The molecule has 2 atom stereocenters. The first-order valence-corrected chi connectivity index (χ1v) is 7.54. The molecular formula is C13H18ClN3O4S. The number of amides is 1. The van der Waals surface area contributed by atoms with Crippen molar-refractivity contribution >= 4 is 41.2 Å². The summed E-state index contributed by atoms with van der Waals surface area (Å²) in [5, 5.41) is 8.66. The summed E-state index contributed by atoms with van der Waals surface area (Å²) < 4.78 is 0. The number of carbonyl (C=O) groups excluding carboxylic acids is 2. The molecule has 2 rings (SSSR count). The van der Waals surface area contributed by atoms with Crippen molar-refractivity contribution in [2.24, 2.45) is 0 Å². The molecule has 1 amide bonds. The monoisotopic (exact) mass is 347 g/mol. The molecule has 0 aromatic carbocycles. The minimum Gasteiger partial charge on any atom is -0.480 e. The lowest BCUT2D eigenvalue weighted by molar-refractivity contribution is -0.148. The van der Waals surface area contributed by atoms with Gasteiger partial charge < -0.3 is 15.0 Å². The molecule has 0 spiro atoms. The van der Waals surface area contributed by atoms with E-state index in [1.165, 1.54) is 18.2 Å². The van der Waals surface area contributed by atoms with Gasteiger partial charge >= 0.3 is 5.97 Å². The molecule has 9 heteroatoms. The van der Waals surface area contributed by atoms with Crippen LogP contribution in [-0.2, 0) is 14.4 Å². The summed E-state index contributed by atoms with van der Waals surface area (Å²) in [5.41, 5.74) is 0.689. The standard InChI is InChI=1S/C13H17N3O4S.ClH/c1-8(17)21-11(9-6-14-7-15-9)5-12(18)16-4-2-3-10(16)13(19)20;/h6-7,10-11H,2-5H2,1H3,(H,14,15)(H,19,20);1H/t10-,11?;/m0./s1. The van der Waals surface area contributed by atoms with Crippen LogP contribution in [0.4, 0.5) is 0 Å². The Morgan fingerprint density at radius 2 is 2.27 bits per heavy atom.